The molecule has 3 heterocycles. The predicted octanol–water partition coefficient (Wildman–Crippen LogP) is 2.98. The summed E-state index contributed by atoms with van der Waals surface area (Å²) in [5.74, 6) is 0.881. The summed E-state index contributed by atoms with van der Waals surface area (Å²) in [5.41, 5.74) is 3.95. The second-order valence-corrected chi connectivity index (χ2v) is 5.69. The smallest absolute Gasteiger partial charge is 0.124 e. The first-order valence-electron chi connectivity index (χ1n) is 6.30. The Morgan fingerprint density at radius 2 is 2.05 bits per heavy atom. The lowest BCUT2D eigenvalue weighted by molar-refractivity contribution is 0.472. The average Bonchev–Trinajstić information content (AvgIpc) is 3.04. The lowest BCUT2D eigenvalue weighted by Crippen LogP contribution is -2.29. The molecule has 1 aliphatic heterocycles. The lowest BCUT2D eigenvalue weighted by atomic mass is 10.1. The molecule has 3 aromatic rings. The van der Waals surface area contributed by atoms with Crippen LogP contribution in [0, 0.1) is 0 Å². The van der Waals surface area contributed by atoms with Crippen LogP contribution in [0.1, 0.15) is 23.3 Å². The van der Waals surface area contributed by atoms with Gasteiger partial charge in [0.1, 0.15) is 5.82 Å². The van der Waals surface area contributed by atoms with Crippen LogP contribution in [-0.2, 0) is 13.0 Å². The Morgan fingerprint density at radius 3 is 2.95 bits per heavy atom. The molecule has 0 saturated carbocycles. The van der Waals surface area contributed by atoms with Crippen LogP contribution in [-0.4, -0.2) is 19.9 Å². The number of fused-ring (bicyclic) bond motifs is 2. The number of rotatable bonds is 1. The Morgan fingerprint density at radius 1 is 1.20 bits per heavy atom. The van der Waals surface area contributed by atoms with Gasteiger partial charge in [-0.05, 0) is 12.1 Å². The minimum absolute atomic E-state index is 0.121. The van der Waals surface area contributed by atoms with E-state index >= 15 is 0 Å². The van der Waals surface area contributed by atoms with Gasteiger partial charge in [-0.15, -0.1) is 0 Å². The van der Waals surface area contributed by atoms with Gasteiger partial charge in [0.2, 0.25) is 0 Å². The maximum absolute atomic E-state index is 6.03. The zero-order valence-electron chi connectivity index (χ0n) is 10.4. The van der Waals surface area contributed by atoms with Gasteiger partial charge in [0.15, 0.2) is 0 Å². The molecular formula is C13H11Cl2N5. The molecular weight excluding hydrogens is 297 g/mol. The van der Waals surface area contributed by atoms with E-state index in [9.17, 15) is 0 Å². The molecule has 0 fully saturated rings. The topological polar surface area (TPSA) is 69.4 Å². The molecule has 4 rings (SSSR count). The minimum atomic E-state index is 0.121. The number of nitrogens with zero attached hydrogens (tertiary/aromatic N) is 2. The molecule has 0 bridgehead atoms. The normalized spacial score (nSPS) is 18.4. The van der Waals surface area contributed by atoms with E-state index in [1.165, 1.54) is 0 Å². The van der Waals surface area contributed by atoms with E-state index in [2.05, 4.69) is 25.3 Å². The number of aromatic nitrogens is 4. The molecule has 1 atom stereocenters. The fraction of sp³-hybridized carbons (Fsp3) is 0.231. The van der Waals surface area contributed by atoms with E-state index in [0.29, 0.717) is 10.0 Å². The van der Waals surface area contributed by atoms with E-state index in [4.69, 9.17) is 23.2 Å². The summed E-state index contributed by atoms with van der Waals surface area (Å²) in [4.78, 5) is 15.4. The molecule has 0 spiro atoms. The molecule has 3 N–H and O–H groups in total. The van der Waals surface area contributed by atoms with Gasteiger partial charge >= 0.3 is 0 Å². The summed E-state index contributed by atoms with van der Waals surface area (Å²) >= 11 is 12.0. The van der Waals surface area contributed by atoms with Gasteiger partial charge in [-0.1, -0.05) is 23.2 Å². The third-order valence-electron chi connectivity index (χ3n) is 3.60. The first-order valence-corrected chi connectivity index (χ1v) is 7.05. The van der Waals surface area contributed by atoms with E-state index in [1.807, 2.05) is 0 Å². The molecule has 20 heavy (non-hydrogen) atoms. The zero-order chi connectivity index (χ0) is 13.7. The Kier molecular flexibility index (Phi) is 2.73. The highest BCUT2D eigenvalue weighted by atomic mass is 35.5. The van der Waals surface area contributed by atoms with Crippen LogP contribution in [0.3, 0.4) is 0 Å². The summed E-state index contributed by atoms with van der Waals surface area (Å²) in [6.07, 6.45) is 2.53. The third-order valence-corrected chi connectivity index (χ3v) is 4.32. The molecule has 7 heteroatoms. The molecule has 1 unspecified atom stereocenters. The number of H-pyrrole nitrogens is 2. The van der Waals surface area contributed by atoms with Crippen LogP contribution in [0.2, 0.25) is 10.0 Å². The quantitative estimate of drug-likeness (QED) is 0.647. The summed E-state index contributed by atoms with van der Waals surface area (Å²) in [5, 5.41) is 4.48. The SMILES string of the molecule is Clc1cc2nc(C3Cc4nc[nH]c4CN3)[nH]c2cc1Cl. The highest BCUT2D eigenvalue weighted by Crippen LogP contribution is 2.29. The van der Waals surface area contributed by atoms with E-state index in [0.717, 1.165) is 41.2 Å². The van der Waals surface area contributed by atoms with Crippen molar-refractivity contribution < 1.29 is 0 Å². The summed E-state index contributed by atoms with van der Waals surface area (Å²) in [7, 11) is 0. The van der Waals surface area contributed by atoms with Crippen LogP contribution >= 0.6 is 23.2 Å². The van der Waals surface area contributed by atoms with Crippen molar-refractivity contribution in [2.24, 2.45) is 0 Å². The first kappa shape index (κ1) is 12.2. The van der Waals surface area contributed by atoms with Gasteiger partial charge in [0, 0.05) is 13.0 Å². The molecule has 102 valence electrons. The summed E-state index contributed by atoms with van der Waals surface area (Å²) in [6.45, 7) is 0.762. The van der Waals surface area contributed by atoms with Crippen LogP contribution in [0.25, 0.3) is 11.0 Å². The standard InChI is InChI=1S/C13H11Cl2N5/c14-6-1-9-10(2-7(6)15)20-13(19-9)11-3-8-12(4-16-11)18-5-17-8/h1-2,5,11,16H,3-4H2,(H,17,18)(H,19,20). The van der Waals surface area contributed by atoms with E-state index < -0.39 is 0 Å². The fourth-order valence-electron chi connectivity index (χ4n) is 2.55. The predicted molar refractivity (Wildman–Crippen MR) is 78.0 cm³/mol. The number of nitrogens with one attached hydrogen (secondary N) is 3. The van der Waals surface area contributed by atoms with E-state index in [1.54, 1.807) is 18.5 Å². The van der Waals surface area contributed by atoms with Gasteiger partial charge in [0.05, 0.1) is 44.8 Å². The summed E-state index contributed by atoms with van der Waals surface area (Å²) in [6, 6.07) is 3.70. The second kappa shape index (κ2) is 4.48. The molecule has 5 nitrogen and oxygen atoms in total. The summed E-state index contributed by atoms with van der Waals surface area (Å²) < 4.78 is 0. The maximum Gasteiger partial charge on any atom is 0.124 e. The van der Waals surface area contributed by atoms with Crippen molar-refractivity contribution in [2.75, 3.05) is 0 Å². The molecule has 2 aromatic heterocycles. The molecule has 1 aliphatic rings. The van der Waals surface area contributed by atoms with Crippen molar-refractivity contribution in [2.45, 2.75) is 19.0 Å². The second-order valence-electron chi connectivity index (χ2n) is 4.87. The third kappa shape index (κ3) is 1.90. The number of aromatic amines is 2. The van der Waals surface area contributed by atoms with Crippen molar-refractivity contribution in [3.63, 3.8) is 0 Å². The van der Waals surface area contributed by atoms with Crippen molar-refractivity contribution in [1.82, 2.24) is 25.3 Å². The minimum Gasteiger partial charge on any atom is -0.347 e. The molecule has 1 aromatic carbocycles. The largest absolute Gasteiger partial charge is 0.347 e. The number of hydrogen-bond donors (Lipinski definition) is 3. The number of hydrogen-bond acceptors (Lipinski definition) is 3. The number of halogens is 2. The Hall–Kier alpha value is -1.56. The molecule has 0 radical (unpaired) electrons. The van der Waals surface area contributed by atoms with Crippen LogP contribution in [0.15, 0.2) is 18.5 Å². The van der Waals surface area contributed by atoms with Crippen molar-refractivity contribution in [1.29, 1.82) is 0 Å². The Balaban J connectivity index is 1.73. The van der Waals surface area contributed by atoms with Gasteiger partial charge in [0.25, 0.3) is 0 Å². The van der Waals surface area contributed by atoms with Gasteiger partial charge < -0.3 is 15.3 Å². The highest BCUT2D eigenvalue weighted by Gasteiger charge is 2.23. The Labute approximate surface area is 124 Å². The maximum atomic E-state index is 6.03. The van der Waals surface area contributed by atoms with Gasteiger partial charge in [-0.2, -0.15) is 0 Å². The highest BCUT2D eigenvalue weighted by molar-refractivity contribution is 6.42. The van der Waals surface area contributed by atoms with Crippen molar-refractivity contribution >= 4 is 34.2 Å². The van der Waals surface area contributed by atoms with Gasteiger partial charge in [-0.25, -0.2) is 9.97 Å². The number of benzene rings is 1. The monoisotopic (exact) mass is 307 g/mol. The fourth-order valence-corrected chi connectivity index (χ4v) is 2.87. The first-order chi connectivity index (χ1) is 9.70. The van der Waals surface area contributed by atoms with Crippen LogP contribution in [0.4, 0.5) is 0 Å². The van der Waals surface area contributed by atoms with Crippen LogP contribution in [0.5, 0.6) is 0 Å². The van der Waals surface area contributed by atoms with Crippen LogP contribution < -0.4 is 5.32 Å². The van der Waals surface area contributed by atoms with Crippen molar-refractivity contribution in [3.05, 3.63) is 45.7 Å². The lowest BCUT2D eigenvalue weighted by Gasteiger charge is -2.20. The average molecular weight is 308 g/mol. The van der Waals surface area contributed by atoms with Crippen molar-refractivity contribution in [3.8, 4) is 0 Å². The number of imidazole rings is 2. The molecule has 0 aliphatic carbocycles. The molecule has 0 amide bonds. The zero-order valence-corrected chi connectivity index (χ0v) is 11.9. The Bertz CT molecular complexity index is 752. The molecule has 0 saturated heterocycles. The van der Waals surface area contributed by atoms with Gasteiger partial charge in [-0.3, -0.25) is 0 Å². The van der Waals surface area contributed by atoms with E-state index in [-0.39, 0.29) is 6.04 Å².